The van der Waals surface area contributed by atoms with Gasteiger partial charge in [0.2, 0.25) is 0 Å². The zero-order valence-electron chi connectivity index (χ0n) is 10.7. The standard InChI is InChI=1S/C14H15BrN2O2S/c15-11-7-13(20-9-11)8-17-12-3-1-10(2-4-12)14(19)16-5-6-18/h1-4,7,9,17-18H,5-6,8H2,(H,16,19). The summed E-state index contributed by atoms with van der Waals surface area (Å²) in [6.07, 6.45) is 0. The van der Waals surface area contributed by atoms with Crippen LogP contribution in [0.25, 0.3) is 0 Å². The number of rotatable bonds is 6. The summed E-state index contributed by atoms with van der Waals surface area (Å²) in [6.45, 7) is 0.972. The van der Waals surface area contributed by atoms with Gasteiger partial charge >= 0.3 is 0 Å². The predicted octanol–water partition coefficient (Wildman–Crippen LogP) is 2.84. The number of nitrogens with one attached hydrogen (secondary N) is 2. The van der Waals surface area contributed by atoms with Gasteiger partial charge in [-0.1, -0.05) is 0 Å². The zero-order valence-corrected chi connectivity index (χ0v) is 13.1. The lowest BCUT2D eigenvalue weighted by Crippen LogP contribution is -2.26. The van der Waals surface area contributed by atoms with E-state index >= 15 is 0 Å². The first-order chi connectivity index (χ1) is 9.69. The van der Waals surface area contributed by atoms with Crippen molar-refractivity contribution in [2.75, 3.05) is 18.5 Å². The lowest BCUT2D eigenvalue weighted by atomic mass is 10.2. The number of carbonyl (C=O) groups excluding carboxylic acids is 1. The maximum Gasteiger partial charge on any atom is 0.251 e. The maximum absolute atomic E-state index is 11.7. The summed E-state index contributed by atoms with van der Waals surface area (Å²) in [5, 5.41) is 16.6. The molecule has 0 saturated heterocycles. The molecule has 4 nitrogen and oxygen atoms in total. The van der Waals surface area contributed by atoms with Crippen molar-refractivity contribution < 1.29 is 9.90 Å². The molecule has 1 amide bonds. The highest BCUT2D eigenvalue weighted by Crippen LogP contribution is 2.21. The molecule has 1 aromatic heterocycles. The van der Waals surface area contributed by atoms with E-state index in [1.165, 1.54) is 4.88 Å². The number of carbonyl (C=O) groups is 1. The number of aliphatic hydroxyl groups is 1. The number of halogens is 1. The van der Waals surface area contributed by atoms with Crippen molar-refractivity contribution in [3.05, 3.63) is 50.6 Å². The van der Waals surface area contributed by atoms with Crippen LogP contribution in [0.5, 0.6) is 0 Å². The second-order valence-corrected chi connectivity index (χ2v) is 6.05. The van der Waals surface area contributed by atoms with Gasteiger partial charge in [-0.05, 0) is 46.3 Å². The Kier molecular flexibility index (Phi) is 5.58. The number of aliphatic hydroxyl groups excluding tert-OH is 1. The first-order valence-electron chi connectivity index (χ1n) is 6.15. The van der Waals surface area contributed by atoms with Crippen LogP contribution in [0.2, 0.25) is 0 Å². The first kappa shape index (κ1) is 15.0. The van der Waals surface area contributed by atoms with E-state index < -0.39 is 0 Å². The van der Waals surface area contributed by atoms with Crippen LogP contribution in [-0.4, -0.2) is 24.2 Å². The molecule has 1 aromatic carbocycles. The monoisotopic (exact) mass is 354 g/mol. The summed E-state index contributed by atoms with van der Waals surface area (Å²) in [7, 11) is 0. The van der Waals surface area contributed by atoms with Crippen LogP contribution in [-0.2, 0) is 6.54 Å². The first-order valence-corrected chi connectivity index (χ1v) is 7.82. The third-order valence-electron chi connectivity index (χ3n) is 2.63. The highest BCUT2D eigenvalue weighted by atomic mass is 79.9. The van der Waals surface area contributed by atoms with Gasteiger partial charge in [0.15, 0.2) is 0 Å². The second kappa shape index (κ2) is 7.42. The Bertz CT molecular complexity index is 569. The fraction of sp³-hybridized carbons (Fsp3) is 0.214. The van der Waals surface area contributed by atoms with Crippen molar-refractivity contribution in [3.8, 4) is 0 Å². The summed E-state index contributed by atoms with van der Waals surface area (Å²) in [5.74, 6) is -0.173. The molecule has 2 rings (SSSR count). The minimum Gasteiger partial charge on any atom is -0.395 e. The highest BCUT2D eigenvalue weighted by molar-refractivity contribution is 9.10. The molecule has 6 heteroatoms. The SMILES string of the molecule is O=C(NCCO)c1ccc(NCc2cc(Br)cs2)cc1. The van der Waals surface area contributed by atoms with Gasteiger partial charge in [0.1, 0.15) is 0 Å². The molecule has 0 spiro atoms. The fourth-order valence-electron chi connectivity index (χ4n) is 1.65. The Morgan fingerprint density at radius 3 is 2.65 bits per heavy atom. The number of hydrogen-bond acceptors (Lipinski definition) is 4. The molecule has 0 bridgehead atoms. The Hall–Kier alpha value is -1.37. The zero-order chi connectivity index (χ0) is 14.4. The molecule has 2 aromatic rings. The second-order valence-electron chi connectivity index (χ2n) is 4.14. The number of benzene rings is 1. The van der Waals surface area contributed by atoms with Crippen LogP contribution < -0.4 is 10.6 Å². The Labute approximate surface area is 130 Å². The van der Waals surface area contributed by atoms with E-state index in [-0.39, 0.29) is 19.1 Å². The van der Waals surface area contributed by atoms with Crippen molar-refractivity contribution in [2.24, 2.45) is 0 Å². The molecule has 1 heterocycles. The third kappa shape index (κ3) is 4.33. The Balaban J connectivity index is 1.89. The summed E-state index contributed by atoms with van der Waals surface area (Å²) in [4.78, 5) is 12.9. The lowest BCUT2D eigenvalue weighted by molar-refractivity contribution is 0.0945. The average molecular weight is 355 g/mol. The van der Waals surface area contributed by atoms with Crippen molar-refractivity contribution in [2.45, 2.75) is 6.54 Å². The van der Waals surface area contributed by atoms with E-state index in [4.69, 9.17) is 5.11 Å². The highest BCUT2D eigenvalue weighted by Gasteiger charge is 2.04. The smallest absolute Gasteiger partial charge is 0.251 e. The van der Waals surface area contributed by atoms with E-state index in [1.807, 2.05) is 17.5 Å². The van der Waals surface area contributed by atoms with Crippen molar-refractivity contribution in [3.63, 3.8) is 0 Å². The molecule has 20 heavy (non-hydrogen) atoms. The molecule has 0 aliphatic heterocycles. The normalized spacial score (nSPS) is 10.3. The molecule has 0 atom stereocenters. The van der Waals surface area contributed by atoms with Crippen LogP contribution in [0.15, 0.2) is 40.2 Å². The topological polar surface area (TPSA) is 61.4 Å². The fourth-order valence-corrected chi connectivity index (χ4v) is 3.04. The summed E-state index contributed by atoms with van der Waals surface area (Å²) < 4.78 is 1.09. The quantitative estimate of drug-likeness (QED) is 0.747. The van der Waals surface area contributed by atoms with Crippen LogP contribution in [0.3, 0.4) is 0 Å². The van der Waals surface area contributed by atoms with Crippen LogP contribution in [0.4, 0.5) is 5.69 Å². The molecular formula is C14H15BrN2O2S. The molecule has 0 aliphatic rings. The van der Waals surface area contributed by atoms with Crippen LogP contribution in [0.1, 0.15) is 15.2 Å². The van der Waals surface area contributed by atoms with Crippen molar-refractivity contribution in [1.82, 2.24) is 5.32 Å². The van der Waals surface area contributed by atoms with E-state index in [0.29, 0.717) is 5.56 Å². The van der Waals surface area contributed by atoms with Gasteiger partial charge < -0.3 is 15.7 Å². The van der Waals surface area contributed by atoms with Crippen molar-refractivity contribution >= 4 is 38.9 Å². The molecule has 3 N–H and O–H groups in total. The molecule has 106 valence electrons. The Morgan fingerprint density at radius 1 is 1.30 bits per heavy atom. The molecule has 0 fully saturated rings. The van der Waals surface area contributed by atoms with E-state index in [9.17, 15) is 4.79 Å². The number of anilines is 1. The van der Waals surface area contributed by atoms with Crippen molar-refractivity contribution in [1.29, 1.82) is 0 Å². The van der Waals surface area contributed by atoms with Gasteiger partial charge in [-0.3, -0.25) is 4.79 Å². The summed E-state index contributed by atoms with van der Waals surface area (Å²) >= 11 is 5.11. The number of thiophene rings is 1. The van der Waals surface area contributed by atoms with E-state index in [2.05, 4.69) is 32.6 Å². The average Bonchev–Trinajstić information content (AvgIpc) is 2.89. The van der Waals surface area contributed by atoms with E-state index in [1.54, 1.807) is 23.5 Å². The number of amides is 1. The van der Waals surface area contributed by atoms with Gasteiger partial charge in [0.25, 0.3) is 5.91 Å². The largest absolute Gasteiger partial charge is 0.395 e. The predicted molar refractivity (Wildman–Crippen MR) is 85.2 cm³/mol. The molecule has 0 unspecified atom stereocenters. The molecule has 0 radical (unpaired) electrons. The minimum atomic E-state index is -0.173. The van der Waals surface area contributed by atoms with Crippen LogP contribution >= 0.6 is 27.3 Å². The summed E-state index contributed by atoms with van der Waals surface area (Å²) in [6, 6.07) is 9.35. The number of hydrogen-bond donors (Lipinski definition) is 3. The van der Waals surface area contributed by atoms with Crippen LogP contribution in [0, 0.1) is 0 Å². The lowest BCUT2D eigenvalue weighted by Gasteiger charge is -2.07. The minimum absolute atomic E-state index is 0.0538. The van der Waals surface area contributed by atoms with E-state index in [0.717, 1.165) is 16.7 Å². The van der Waals surface area contributed by atoms with Gasteiger partial charge in [0, 0.05) is 39.1 Å². The van der Waals surface area contributed by atoms with Gasteiger partial charge in [0.05, 0.1) is 6.61 Å². The molecular weight excluding hydrogens is 340 g/mol. The van der Waals surface area contributed by atoms with Gasteiger partial charge in [-0.2, -0.15) is 0 Å². The summed E-state index contributed by atoms with van der Waals surface area (Å²) in [5.41, 5.74) is 1.55. The molecule has 0 saturated carbocycles. The maximum atomic E-state index is 11.7. The van der Waals surface area contributed by atoms with Gasteiger partial charge in [-0.15, -0.1) is 11.3 Å². The third-order valence-corrected chi connectivity index (χ3v) is 4.33. The molecule has 0 aliphatic carbocycles. The van der Waals surface area contributed by atoms with Gasteiger partial charge in [-0.25, -0.2) is 0 Å². The Morgan fingerprint density at radius 2 is 2.05 bits per heavy atom.